The Hall–Kier alpha value is -2.77. The second kappa shape index (κ2) is 8.53. The standard InChI is InChI=1S/C22H30N2O6/c1-21(2,3)30-20(27)24-11-10-22(24)12-16(18(25)28-4)17(13-22)23-19(26)29-14-15-8-6-5-7-9-15/h5-9,16-17H,10-14H2,1-4H3,(H,23,26). The molecular weight excluding hydrogens is 388 g/mol. The first-order valence-electron chi connectivity index (χ1n) is 10.2. The van der Waals surface area contributed by atoms with E-state index in [-0.39, 0.29) is 6.61 Å². The number of likely N-dealkylation sites (tertiary alicyclic amines) is 1. The third-order valence-electron chi connectivity index (χ3n) is 5.69. The molecule has 1 saturated heterocycles. The van der Waals surface area contributed by atoms with Crippen LogP contribution in [-0.4, -0.2) is 53.9 Å². The van der Waals surface area contributed by atoms with Crippen molar-refractivity contribution in [3.8, 4) is 0 Å². The Balaban J connectivity index is 1.65. The summed E-state index contributed by atoms with van der Waals surface area (Å²) in [6.07, 6.45) is 0.619. The van der Waals surface area contributed by atoms with E-state index >= 15 is 0 Å². The van der Waals surface area contributed by atoms with Crippen LogP contribution < -0.4 is 5.32 Å². The van der Waals surface area contributed by atoms with E-state index in [2.05, 4.69) is 5.32 Å². The van der Waals surface area contributed by atoms with Gasteiger partial charge in [0.1, 0.15) is 12.2 Å². The number of methoxy groups -OCH3 is 1. The van der Waals surface area contributed by atoms with Gasteiger partial charge in [-0.15, -0.1) is 0 Å². The second-order valence-electron chi connectivity index (χ2n) is 8.96. The molecule has 3 unspecified atom stereocenters. The van der Waals surface area contributed by atoms with Crippen LogP contribution in [-0.2, 0) is 25.6 Å². The van der Waals surface area contributed by atoms with E-state index < -0.39 is 41.3 Å². The minimum atomic E-state index is -0.604. The molecule has 1 saturated carbocycles. The van der Waals surface area contributed by atoms with Gasteiger partial charge in [0, 0.05) is 12.6 Å². The number of rotatable bonds is 4. The van der Waals surface area contributed by atoms with Gasteiger partial charge in [0.2, 0.25) is 0 Å². The molecule has 3 atom stereocenters. The topological polar surface area (TPSA) is 94.2 Å². The molecule has 1 spiro atoms. The Kier molecular flexibility index (Phi) is 6.24. The molecule has 2 aliphatic rings. The molecule has 1 heterocycles. The van der Waals surface area contributed by atoms with Gasteiger partial charge in [-0.25, -0.2) is 9.59 Å². The molecule has 1 N–H and O–H groups in total. The molecule has 2 amide bonds. The summed E-state index contributed by atoms with van der Waals surface area (Å²) in [5, 5.41) is 2.80. The highest BCUT2D eigenvalue weighted by Crippen LogP contribution is 2.48. The molecule has 0 radical (unpaired) electrons. The Morgan fingerprint density at radius 1 is 1.17 bits per heavy atom. The van der Waals surface area contributed by atoms with E-state index in [1.165, 1.54) is 7.11 Å². The monoisotopic (exact) mass is 418 g/mol. The van der Waals surface area contributed by atoms with Crippen LogP contribution in [0.4, 0.5) is 9.59 Å². The van der Waals surface area contributed by atoms with Crippen molar-refractivity contribution in [2.75, 3.05) is 13.7 Å². The Bertz CT molecular complexity index is 791. The maximum absolute atomic E-state index is 12.6. The van der Waals surface area contributed by atoms with Crippen molar-refractivity contribution in [1.82, 2.24) is 10.2 Å². The van der Waals surface area contributed by atoms with Gasteiger partial charge in [-0.3, -0.25) is 4.79 Å². The van der Waals surface area contributed by atoms with Gasteiger partial charge < -0.3 is 24.4 Å². The van der Waals surface area contributed by atoms with Crippen LogP contribution in [0, 0.1) is 5.92 Å². The quantitative estimate of drug-likeness (QED) is 0.596. The van der Waals surface area contributed by atoms with Gasteiger partial charge >= 0.3 is 18.2 Å². The smallest absolute Gasteiger partial charge is 0.410 e. The summed E-state index contributed by atoms with van der Waals surface area (Å²) in [7, 11) is 1.32. The van der Waals surface area contributed by atoms with E-state index in [4.69, 9.17) is 14.2 Å². The van der Waals surface area contributed by atoms with Gasteiger partial charge in [-0.2, -0.15) is 0 Å². The van der Waals surface area contributed by atoms with Crippen molar-refractivity contribution in [3.63, 3.8) is 0 Å². The van der Waals surface area contributed by atoms with E-state index in [0.717, 1.165) is 12.0 Å². The van der Waals surface area contributed by atoms with Crippen molar-refractivity contribution in [3.05, 3.63) is 35.9 Å². The maximum atomic E-state index is 12.6. The summed E-state index contributed by atoms with van der Waals surface area (Å²) in [6, 6.07) is 8.87. The Morgan fingerprint density at radius 2 is 1.87 bits per heavy atom. The lowest BCUT2D eigenvalue weighted by Gasteiger charge is -2.50. The van der Waals surface area contributed by atoms with Crippen LogP contribution in [0.1, 0.15) is 45.6 Å². The number of hydrogen-bond donors (Lipinski definition) is 1. The van der Waals surface area contributed by atoms with Crippen molar-refractivity contribution in [2.45, 2.75) is 63.8 Å². The molecule has 0 aromatic heterocycles. The SMILES string of the molecule is COC(=O)C1CC2(CCN2C(=O)OC(C)(C)C)CC1NC(=O)OCc1ccccc1. The lowest BCUT2D eigenvalue weighted by Crippen LogP contribution is -2.62. The highest BCUT2D eigenvalue weighted by atomic mass is 16.6. The van der Waals surface area contributed by atoms with Crippen LogP contribution in [0.25, 0.3) is 0 Å². The second-order valence-corrected chi connectivity index (χ2v) is 8.96. The summed E-state index contributed by atoms with van der Waals surface area (Å²) in [5.41, 5.74) is -0.249. The molecule has 3 rings (SSSR count). The highest BCUT2D eigenvalue weighted by molar-refractivity contribution is 5.77. The molecule has 164 valence electrons. The number of ether oxygens (including phenoxy) is 3. The number of carbonyl (C=O) groups is 3. The predicted octanol–water partition coefficient (Wildman–Crippen LogP) is 3.24. The van der Waals surface area contributed by atoms with Crippen molar-refractivity contribution >= 4 is 18.2 Å². The zero-order valence-electron chi connectivity index (χ0n) is 18.0. The first-order valence-corrected chi connectivity index (χ1v) is 10.2. The Morgan fingerprint density at radius 3 is 2.43 bits per heavy atom. The minimum Gasteiger partial charge on any atom is -0.469 e. The summed E-state index contributed by atoms with van der Waals surface area (Å²) in [4.78, 5) is 39.0. The minimum absolute atomic E-state index is 0.136. The molecule has 2 fully saturated rings. The number of esters is 1. The number of alkyl carbamates (subject to hydrolysis) is 1. The van der Waals surface area contributed by atoms with Gasteiger partial charge in [0.25, 0.3) is 0 Å². The third kappa shape index (κ3) is 4.86. The largest absolute Gasteiger partial charge is 0.469 e. The van der Waals surface area contributed by atoms with E-state index in [9.17, 15) is 14.4 Å². The molecule has 8 nitrogen and oxygen atoms in total. The van der Waals surface area contributed by atoms with Crippen molar-refractivity contribution in [2.24, 2.45) is 5.92 Å². The van der Waals surface area contributed by atoms with Gasteiger partial charge in [-0.05, 0) is 45.6 Å². The fourth-order valence-electron chi connectivity index (χ4n) is 4.22. The number of benzene rings is 1. The molecule has 8 heteroatoms. The molecule has 1 aromatic carbocycles. The number of carbonyl (C=O) groups excluding carboxylic acids is 3. The predicted molar refractivity (Wildman–Crippen MR) is 109 cm³/mol. The maximum Gasteiger partial charge on any atom is 0.410 e. The fraction of sp³-hybridized carbons (Fsp3) is 0.591. The zero-order valence-corrected chi connectivity index (χ0v) is 18.0. The van der Waals surface area contributed by atoms with Crippen LogP contribution in [0.15, 0.2) is 30.3 Å². The number of amides is 2. The molecular formula is C22H30N2O6. The summed E-state index contributed by atoms with van der Waals surface area (Å²) >= 11 is 0. The highest BCUT2D eigenvalue weighted by Gasteiger charge is 2.58. The van der Waals surface area contributed by atoms with E-state index in [1.54, 1.807) is 4.90 Å². The third-order valence-corrected chi connectivity index (χ3v) is 5.69. The zero-order chi connectivity index (χ0) is 21.9. The number of hydrogen-bond acceptors (Lipinski definition) is 6. The summed E-state index contributed by atoms with van der Waals surface area (Å²) in [5.74, 6) is -0.958. The molecule has 30 heavy (non-hydrogen) atoms. The average molecular weight is 418 g/mol. The first kappa shape index (κ1) is 21.9. The first-order chi connectivity index (χ1) is 14.1. The van der Waals surface area contributed by atoms with E-state index in [0.29, 0.717) is 19.4 Å². The summed E-state index contributed by atoms with van der Waals surface area (Å²) in [6.45, 7) is 6.15. The van der Waals surface area contributed by atoms with Crippen LogP contribution >= 0.6 is 0 Å². The molecule has 1 aliphatic heterocycles. The van der Waals surface area contributed by atoms with Gasteiger partial charge in [-0.1, -0.05) is 30.3 Å². The molecule has 1 aliphatic carbocycles. The Labute approximate surface area is 176 Å². The average Bonchev–Trinajstić information content (AvgIpc) is 3.06. The fourth-order valence-corrected chi connectivity index (χ4v) is 4.22. The number of nitrogens with one attached hydrogen (secondary N) is 1. The van der Waals surface area contributed by atoms with Crippen molar-refractivity contribution in [1.29, 1.82) is 0 Å². The van der Waals surface area contributed by atoms with E-state index in [1.807, 2.05) is 51.1 Å². The van der Waals surface area contributed by atoms with Gasteiger partial charge in [0.15, 0.2) is 0 Å². The molecule has 0 bridgehead atoms. The molecule has 1 aromatic rings. The lowest BCUT2D eigenvalue weighted by atomic mass is 9.82. The lowest BCUT2D eigenvalue weighted by molar-refractivity contribution is -0.146. The van der Waals surface area contributed by atoms with Crippen LogP contribution in [0.3, 0.4) is 0 Å². The van der Waals surface area contributed by atoms with Crippen LogP contribution in [0.2, 0.25) is 0 Å². The normalized spacial score (nSPS) is 25.4. The van der Waals surface area contributed by atoms with Crippen LogP contribution in [0.5, 0.6) is 0 Å². The van der Waals surface area contributed by atoms with Crippen molar-refractivity contribution < 1.29 is 28.6 Å². The van der Waals surface area contributed by atoms with Gasteiger partial charge in [0.05, 0.1) is 18.6 Å². The summed E-state index contributed by atoms with van der Waals surface area (Å²) < 4.78 is 15.8. The number of nitrogens with zero attached hydrogens (tertiary/aromatic N) is 1.